The first-order chi connectivity index (χ1) is 6.33. The van der Waals surface area contributed by atoms with Crippen LogP contribution >= 0.6 is 0 Å². The van der Waals surface area contributed by atoms with Gasteiger partial charge in [-0.15, -0.1) is 0 Å². The van der Waals surface area contributed by atoms with E-state index in [1.165, 1.54) is 6.20 Å². The zero-order valence-electron chi connectivity index (χ0n) is 7.16. The second kappa shape index (κ2) is 4.92. The molecule has 0 aliphatic rings. The minimum Gasteiger partial charge on any atom is -0.334 e. The average molecular weight is 177 g/mol. The van der Waals surface area contributed by atoms with Crippen molar-refractivity contribution < 1.29 is 4.79 Å². The SMILES string of the molecule is C=CNC(=O)NCc1ccncc1. The highest BCUT2D eigenvalue weighted by Gasteiger charge is 1.95. The lowest BCUT2D eigenvalue weighted by Gasteiger charge is -2.03. The molecule has 0 fully saturated rings. The lowest BCUT2D eigenvalue weighted by atomic mass is 10.3. The zero-order chi connectivity index (χ0) is 9.52. The molecule has 0 spiro atoms. The molecule has 0 saturated heterocycles. The Kier molecular flexibility index (Phi) is 3.50. The molecule has 1 heterocycles. The second-order valence-electron chi connectivity index (χ2n) is 2.39. The summed E-state index contributed by atoms with van der Waals surface area (Å²) >= 11 is 0. The number of nitrogens with zero attached hydrogens (tertiary/aromatic N) is 1. The molecule has 0 radical (unpaired) electrons. The molecule has 1 aromatic heterocycles. The van der Waals surface area contributed by atoms with Crippen LogP contribution in [0.25, 0.3) is 0 Å². The normalized spacial score (nSPS) is 8.92. The molecule has 0 atom stereocenters. The van der Waals surface area contributed by atoms with Gasteiger partial charge in [0.1, 0.15) is 0 Å². The number of carbonyl (C=O) groups excluding carboxylic acids is 1. The van der Waals surface area contributed by atoms with Crippen molar-refractivity contribution in [2.24, 2.45) is 0 Å². The molecule has 1 rings (SSSR count). The third kappa shape index (κ3) is 3.37. The molecule has 4 nitrogen and oxygen atoms in total. The van der Waals surface area contributed by atoms with Gasteiger partial charge >= 0.3 is 6.03 Å². The van der Waals surface area contributed by atoms with Crippen molar-refractivity contribution in [2.45, 2.75) is 6.54 Å². The fourth-order valence-electron chi connectivity index (χ4n) is 0.827. The number of hydrogen-bond acceptors (Lipinski definition) is 2. The van der Waals surface area contributed by atoms with Crippen LogP contribution in [0.1, 0.15) is 5.56 Å². The Hall–Kier alpha value is -1.84. The Morgan fingerprint density at radius 3 is 2.85 bits per heavy atom. The Balaban J connectivity index is 2.35. The molecule has 0 aliphatic carbocycles. The number of hydrogen-bond donors (Lipinski definition) is 2. The largest absolute Gasteiger partial charge is 0.334 e. The van der Waals surface area contributed by atoms with E-state index in [0.717, 1.165) is 5.56 Å². The average Bonchev–Trinajstić information content (AvgIpc) is 2.17. The fourth-order valence-corrected chi connectivity index (χ4v) is 0.827. The van der Waals surface area contributed by atoms with Crippen LogP contribution in [0.15, 0.2) is 37.3 Å². The van der Waals surface area contributed by atoms with Crippen molar-refractivity contribution in [1.29, 1.82) is 0 Å². The number of carbonyl (C=O) groups is 1. The summed E-state index contributed by atoms with van der Waals surface area (Å²) in [6, 6.07) is 3.43. The first-order valence-electron chi connectivity index (χ1n) is 3.87. The van der Waals surface area contributed by atoms with Gasteiger partial charge in [-0.3, -0.25) is 4.98 Å². The first-order valence-corrected chi connectivity index (χ1v) is 3.87. The molecule has 1 aromatic rings. The fraction of sp³-hybridized carbons (Fsp3) is 0.111. The van der Waals surface area contributed by atoms with Gasteiger partial charge in [-0.05, 0) is 23.9 Å². The molecule has 4 heteroatoms. The summed E-state index contributed by atoms with van der Waals surface area (Å²) < 4.78 is 0. The Labute approximate surface area is 76.7 Å². The van der Waals surface area contributed by atoms with Crippen LogP contribution < -0.4 is 10.6 Å². The molecular formula is C9H11N3O. The number of pyridine rings is 1. The Bertz CT molecular complexity index is 284. The Morgan fingerprint density at radius 2 is 2.23 bits per heavy atom. The van der Waals surface area contributed by atoms with E-state index >= 15 is 0 Å². The summed E-state index contributed by atoms with van der Waals surface area (Å²) in [4.78, 5) is 14.8. The highest BCUT2D eigenvalue weighted by atomic mass is 16.2. The van der Waals surface area contributed by atoms with Crippen LogP contribution in [-0.2, 0) is 6.54 Å². The summed E-state index contributed by atoms with van der Waals surface area (Å²) in [6.45, 7) is 3.86. The minimum atomic E-state index is -0.258. The topological polar surface area (TPSA) is 54.0 Å². The van der Waals surface area contributed by atoms with Gasteiger partial charge in [0, 0.05) is 18.9 Å². The molecule has 13 heavy (non-hydrogen) atoms. The van der Waals surface area contributed by atoms with E-state index in [1.54, 1.807) is 12.4 Å². The van der Waals surface area contributed by atoms with Crippen molar-refractivity contribution in [3.63, 3.8) is 0 Å². The minimum absolute atomic E-state index is 0.258. The van der Waals surface area contributed by atoms with Crippen LogP contribution in [0.2, 0.25) is 0 Å². The lowest BCUT2D eigenvalue weighted by molar-refractivity contribution is 0.244. The van der Waals surface area contributed by atoms with Gasteiger partial charge in [0.05, 0.1) is 0 Å². The summed E-state index contributed by atoms with van der Waals surface area (Å²) in [7, 11) is 0. The summed E-state index contributed by atoms with van der Waals surface area (Å²) in [5.74, 6) is 0. The van der Waals surface area contributed by atoms with E-state index in [4.69, 9.17) is 0 Å². The monoisotopic (exact) mass is 177 g/mol. The molecule has 2 N–H and O–H groups in total. The van der Waals surface area contributed by atoms with Gasteiger partial charge in [0.15, 0.2) is 0 Å². The van der Waals surface area contributed by atoms with Gasteiger partial charge in [-0.2, -0.15) is 0 Å². The Morgan fingerprint density at radius 1 is 1.54 bits per heavy atom. The predicted molar refractivity (Wildman–Crippen MR) is 49.8 cm³/mol. The molecular weight excluding hydrogens is 166 g/mol. The number of rotatable bonds is 3. The van der Waals surface area contributed by atoms with E-state index in [2.05, 4.69) is 22.2 Å². The van der Waals surface area contributed by atoms with Crippen molar-refractivity contribution in [1.82, 2.24) is 15.6 Å². The lowest BCUT2D eigenvalue weighted by Crippen LogP contribution is -2.31. The second-order valence-corrected chi connectivity index (χ2v) is 2.39. The molecule has 0 aromatic carbocycles. The van der Waals surface area contributed by atoms with Gasteiger partial charge < -0.3 is 10.6 Å². The van der Waals surface area contributed by atoms with E-state index < -0.39 is 0 Å². The third-order valence-electron chi connectivity index (χ3n) is 1.44. The van der Waals surface area contributed by atoms with Gasteiger partial charge in [-0.25, -0.2) is 4.79 Å². The van der Waals surface area contributed by atoms with Crippen LogP contribution in [-0.4, -0.2) is 11.0 Å². The van der Waals surface area contributed by atoms with Crippen molar-refractivity contribution in [3.05, 3.63) is 42.9 Å². The number of urea groups is 1. The first kappa shape index (κ1) is 9.25. The molecule has 0 unspecified atom stereocenters. The smallest absolute Gasteiger partial charge is 0.319 e. The maximum atomic E-state index is 10.9. The van der Waals surface area contributed by atoms with Gasteiger partial charge in [-0.1, -0.05) is 6.58 Å². The van der Waals surface area contributed by atoms with E-state index in [9.17, 15) is 4.79 Å². The van der Waals surface area contributed by atoms with Gasteiger partial charge in [0.25, 0.3) is 0 Å². The van der Waals surface area contributed by atoms with Gasteiger partial charge in [0.2, 0.25) is 0 Å². The predicted octanol–water partition coefficient (Wildman–Crippen LogP) is 1.02. The third-order valence-corrected chi connectivity index (χ3v) is 1.44. The quantitative estimate of drug-likeness (QED) is 0.724. The van der Waals surface area contributed by atoms with Crippen LogP contribution in [0.3, 0.4) is 0 Å². The highest BCUT2D eigenvalue weighted by Crippen LogP contribution is 1.94. The summed E-state index contributed by atoms with van der Waals surface area (Å²) in [5.41, 5.74) is 1.01. The standard InChI is InChI=1S/C9H11N3O/c1-2-11-9(13)12-7-8-3-5-10-6-4-8/h2-6H,1,7H2,(H2,11,12,13). The van der Waals surface area contributed by atoms with Crippen LogP contribution in [0.5, 0.6) is 0 Å². The van der Waals surface area contributed by atoms with Crippen molar-refractivity contribution >= 4 is 6.03 Å². The maximum Gasteiger partial charge on any atom is 0.319 e. The number of nitrogens with one attached hydrogen (secondary N) is 2. The molecule has 0 aliphatic heterocycles. The highest BCUT2D eigenvalue weighted by molar-refractivity contribution is 5.74. The molecule has 2 amide bonds. The van der Waals surface area contributed by atoms with Crippen LogP contribution in [0.4, 0.5) is 4.79 Å². The maximum absolute atomic E-state index is 10.9. The van der Waals surface area contributed by atoms with Crippen molar-refractivity contribution in [2.75, 3.05) is 0 Å². The van der Waals surface area contributed by atoms with E-state index in [1.807, 2.05) is 12.1 Å². The van der Waals surface area contributed by atoms with E-state index in [0.29, 0.717) is 6.54 Å². The molecule has 0 saturated carbocycles. The number of aromatic nitrogens is 1. The van der Waals surface area contributed by atoms with E-state index in [-0.39, 0.29) is 6.03 Å². The zero-order valence-corrected chi connectivity index (χ0v) is 7.16. The summed E-state index contributed by atoms with van der Waals surface area (Å²) in [6.07, 6.45) is 4.70. The summed E-state index contributed by atoms with van der Waals surface area (Å²) in [5, 5.41) is 5.06. The number of amides is 2. The molecule has 0 bridgehead atoms. The van der Waals surface area contributed by atoms with Crippen molar-refractivity contribution in [3.8, 4) is 0 Å². The van der Waals surface area contributed by atoms with Crippen LogP contribution in [0, 0.1) is 0 Å². The molecule has 68 valence electrons.